The number of rotatable bonds is 6. The SMILES string of the molecule is CN(C)C(CNS(=O)(=O)c1ccc(Cl)s1)c1ccsc1. The Morgan fingerprint density at radius 2 is 2.10 bits per heavy atom. The second-order valence-electron chi connectivity index (χ2n) is 4.45. The Hall–Kier alpha value is -0.440. The van der Waals surface area contributed by atoms with Crippen molar-refractivity contribution >= 4 is 44.3 Å². The van der Waals surface area contributed by atoms with Gasteiger partial charge in [-0.1, -0.05) is 11.6 Å². The Labute approximate surface area is 132 Å². The minimum absolute atomic E-state index is 0.00598. The van der Waals surface area contributed by atoms with Crippen molar-refractivity contribution < 1.29 is 8.42 Å². The number of hydrogen-bond acceptors (Lipinski definition) is 5. The first-order valence-corrected chi connectivity index (χ1v) is 9.46. The highest BCUT2D eigenvalue weighted by atomic mass is 35.5. The van der Waals surface area contributed by atoms with E-state index >= 15 is 0 Å². The summed E-state index contributed by atoms with van der Waals surface area (Å²) >= 11 is 8.44. The first kappa shape index (κ1) is 15.9. The molecule has 8 heteroatoms. The molecule has 0 aliphatic carbocycles. The maximum atomic E-state index is 12.2. The average molecular weight is 351 g/mol. The molecule has 0 amide bonds. The molecule has 1 N–H and O–H groups in total. The molecule has 0 saturated heterocycles. The minimum Gasteiger partial charge on any atom is -0.301 e. The van der Waals surface area contributed by atoms with Gasteiger partial charge in [0, 0.05) is 12.6 Å². The van der Waals surface area contributed by atoms with E-state index in [4.69, 9.17) is 11.6 Å². The van der Waals surface area contributed by atoms with Crippen LogP contribution in [0, 0.1) is 0 Å². The molecule has 0 fully saturated rings. The first-order chi connectivity index (χ1) is 9.40. The second-order valence-corrected chi connectivity index (χ2v) is 8.94. The fraction of sp³-hybridized carbons (Fsp3) is 0.333. The summed E-state index contributed by atoms with van der Waals surface area (Å²) in [6.07, 6.45) is 0. The van der Waals surface area contributed by atoms with E-state index in [9.17, 15) is 8.42 Å². The molecule has 20 heavy (non-hydrogen) atoms. The van der Waals surface area contributed by atoms with Crippen LogP contribution in [0.25, 0.3) is 0 Å². The Morgan fingerprint density at radius 1 is 1.35 bits per heavy atom. The Kier molecular flexibility index (Phi) is 5.22. The van der Waals surface area contributed by atoms with Crippen LogP contribution in [-0.4, -0.2) is 34.0 Å². The standard InChI is InChI=1S/C12H15ClN2O2S3/c1-15(2)10(9-5-6-18-8-9)7-14-20(16,17)12-4-3-11(13)19-12/h3-6,8,10,14H,7H2,1-2H3. The third-order valence-electron chi connectivity index (χ3n) is 2.83. The quantitative estimate of drug-likeness (QED) is 0.871. The van der Waals surface area contributed by atoms with Crippen molar-refractivity contribution in [2.75, 3.05) is 20.6 Å². The molecule has 0 bridgehead atoms. The van der Waals surface area contributed by atoms with Crippen LogP contribution in [0.1, 0.15) is 11.6 Å². The number of likely N-dealkylation sites (N-methyl/N-ethyl adjacent to an activating group) is 1. The van der Waals surface area contributed by atoms with Crippen molar-refractivity contribution in [3.8, 4) is 0 Å². The van der Waals surface area contributed by atoms with E-state index < -0.39 is 10.0 Å². The van der Waals surface area contributed by atoms with E-state index in [0.29, 0.717) is 10.9 Å². The van der Waals surface area contributed by atoms with E-state index in [1.165, 1.54) is 6.07 Å². The van der Waals surface area contributed by atoms with Gasteiger partial charge in [-0.15, -0.1) is 11.3 Å². The van der Waals surface area contributed by atoms with Gasteiger partial charge in [0.1, 0.15) is 4.21 Å². The highest BCUT2D eigenvalue weighted by molar-refractivity contribution is 7.91. The number of hydrogen-bond donors (Lipinski definition) is 1. The number of nitrogens with one attached hydrogen (secondary N) is 1. The molecule has 2 heterocycles. The molecule has 0 saturated carbocycles. The largest absolute Gasteiger partial charge is 0.301 e. The molecule has 0 aliphatic rings. The second kappa shape index (κ2) is 6.55. The normalized spacial score (nSPS) is 13.8. The fourth-order valence-electron chi connectivity index (χ4n) is 1.77. The maximum Gasteiger partial charge on any atom is 0.250 e. The predicted octanol–water partition coefficient (Wildman–Crippen LogP) is 3.04. The lowest BCUT2D eigenvalue weighted by Gasteiger charge is -2.23. The van der Waals surface area contributed by atoms with Gasteiger partial charge in [0.15, 0.2) is 0 Å². The number of halogens is 1. The molecule has 2 aromatic heterocycles. The molecular weight excluding hydrogens is 336 g/mol. The summed E-state index contributed by atoms with van der Waals surface area (Å²) in [5.41, 5.74) is 1.10. The zero-order chi connectivity index (χ0) is 14.8. The van der Waals surface area contributed by atoms with Crippen LogP contribution in [0.3, 0.4) is 0 Å². The molecule has 0 aliphatic heterocycles. The summed E-state index contributed by atoms with van der Waals surface area (Å²) in [5, 5.41) is 4.01. The molecule has 2 rings (SSSR count). The average Bonchev–Trinajstić information content (AvgIpc) is 3.00. The monoisotopic (exact) mass is 350 g/mol. The van der Waals surface area contributed by atoms with Crippen LogP contribution in [-0.2, 0) is 10.0 Å². The van der Waals surface area contributed by atoms with Crippen molar-refractivity contribution in [3.63, 3.8) is 0 Å². The minimum atomic E-state index is -3.50. The molecule has 0 radical (unpaired) electrons. The topological polar surface area (TPSA) is 49.4 Å². The van der Waals surface area contributed by atoms with Crippen LogP contribution in [0.15, 0.2) is 33.2 Å². The molecule has 0 spiro atoms. The van der Waals surface area contributed by atoms with Crippen LogP contribution in [0.2, 0.25) is 4.34 Å². The number of nitrogens with zero attached hydrogens (tertiary/aromatic N) is 1. The first-order valence-electron chi connectivity index (χ1n) is 5.83. The van der Waals surface area contributed by atoms with Crippen molar-refractivity contribution in [1.82, 2.24) is 9.62 Å². The van der Waals surface area contributed by atoms with Crippen LogP contribution >= 0.6 is 34.3 Å². The highest BCUT2D eigenvalue weighted by Gasteiger charge is 2.21. The summed E-state index contributed by atoms with van der Waals surface area (Å²) < 4.78 is 27.7. The van der Waals surface area contributed by atoms with Gasteiger partial charge in [-0.3, -0.25) is 0 Å². The van der Waals surface area contributed by atoms with Crippen molar-refractivity contribution in [1.29, 1.82) is 0 Å². The van der Waals surface area contributed by atoms with Crippen LogP contribution < -0.4 is 4.72 Å². The molecular formula is C12H15ClN2O2S3. The summed E-state index contributed by atoms with van der Waals surface area (Å²) in [5.74, 6) is 0. The van der Waals surface area contributed by atoms with Gasteiger partial charge in [0.25, 0.3) is 0 Å². The van der Waals surface area contributed by atoms with Gasteiger partial charge >= 0.3 is 0 Å². The maximum absolute atomic E-state index is 12.2. The molecule has 4 nitrogen and oxygen atoms in total. The van der Waals surface area contributed by atoms with E-state index in [-0.39, 0.29) is 10.3 Å². The summed E-state index contributed by atoms with van der Waals surface area (Å²) in [6.45, 7) is 0.321. The molecule has 2 aromatic rings. The van der Waals surface area contributed by atoms with Gasteiger partial charge < -0.3 is 4.90 Å². The Balaban J connectivity index is 2.10. The molecule has 1 unspecified atom stereocenters. The van der Waals surface area contributed by atoms with Gasteiger partial charge in [-0.25, -0.2) is 13.1 Å². The van der Waals surface area contributed by atoms with Gasteiger partial charge in [-0.05, 0) is 48.6 Å². The van der Waals surface area contributed by atoms with Crippen LogP contribution in [0.5, 0.6) is 0 Å². The summed E-state index contributed by atoms with van der Waals surface area (Å²) in [7, 11) is 0.360. The summed E-state index contributed by atoms with van der Waals surface area (Å²) in [4.78, 5) is 1.99. The predicted molar refractivity (Wildman–Crippen MR) is 85.3 cm³/mol. The number of sulfonamides is 1. The van der Waals surface area contributed by atoms with Crippen molar-refractivity contribution in [2.45, 2.75) is 10.3 Å². The lowest BCUT2D eigenvalue weighted by molar-refractivity contribution is 0.300. The lowest BCUT2D eigenvalue weighted by Crippen LogP contribution is -2.34. The molecule has 110 valence electrons. The third-order valence-corrected chi connectivity index (χ3v) is 6.68. The third kappa shape index (κ3) is 3.81. The lowest BCUT2D eigenvalue weighted by atomic mass is 10.1. The smallest absolute Gasteiger partial charge is 0.250 e. The Morgan fingerprint density at radius 3 is 2.60 bits per heavy atom. The fourth-order valence-corrected chi connectivity index (χ4v) is 5.04. The van der Waals surface area contributed by atoms with E-state index in [0.717, 1.165) is 16.9 Å². The van der Waals surface area contributed by atoms with Gasteiger partial charge in [-0.2, -0.15) is 11.3 Å². The highest BCUT2D eigenvalue weighted by Crippen LogP contribution is 2.26. The zero-order valence-electron chi connectivity index (χ0n) is 11.0. The van der Waals surface area contributed by atoms with Crippen LogP contribution in [0.4, 0.5) is 0 Å². The van der Waals surface area contributed by atoms with Gasteiger partial charge in [0.05, 0.1) is 4.34 Å². The Bertz CT molecular complexity index is 650. The van der Waals surface area contributed by atoms with E-state index in [1.807, 2.05) is 35.8 Å². The zero-order valence-corrected chi connectivity index (χ0v) is 14.2. The molecule has 1 atom stereocenters. The van der Waals surface area contributed by atoms with Crippen molar-refractivity contribution in [2.24, 2.45) is 0 Å². The van der Waals surface area contributed by atoms with E-state index in [1.54, 1.807) is 17.4 Å². The van der Waals surface area contributed by atoms with Crippen molar-refractivity contribution in [3.05, 3.63) is 38.9 Å². The summed E-state index contributed by atoms with van der Waals surface area (Å²) in [6, 6.07) is 5.12. The molecule has 0 aromatic carbocycles. The van der Waals surface area contributed by atoms with E-state index in [2.05, 4.69) is 4.72 Å². The number of thiophene rings is 2. The van der Waals surface area contributed by atoms with Gasteiger partial charge in [0.2, 0.25) is 10.0 Å².